The van der Waals surface area contributed by atoms with Crippen molar-refractivity contribution in [3.8, 4) is 12.3 Å². The number of hydrogen-bond donors (Lipinski definition) is 1. The summed E-state index contributed by atoms with van der Waals surface area (Å²) in [6.45, 7) is 5.26. The topological polar surface area (TPSA) is 41.6 Å². The van der Waals surface area contributed by atoms with Gasteiger partial charge in [-0.15, -0.1) is 6.42 Å². The number of rotatable bonds is 4. The summed E-state index contributed by atoms with van der Waals surface area (Å²) in [5.74, 6) is 2.56. The second-order valence-corrected chi connectivity index (χ2v) is 3.51. The van der Waals surface area contributed by atoms with E-state index in [1.807, 2.05) is 6.92 Å². The van der Waals surface area contributed by atoms with Crippen LogP contribution in [0.2, 0.25) is 0 Å². The minimum atomic E-state index is -0.00178. The minimum Gasteiger partial charge on any atom is -0.375 e. The zero-order chi connectivity index (χ0) is 11.1. The van der Waals surface area contributed by atoms with E-state index in [-0.39, 0.29) is 12.0 Å². The lowest BCUT2D eigenvalue weighted by molar-refractivity contribution is -0.133. The smallest absolute Gasteiger partial charge is 0.226 e. The Morgan fingerprint density at radius 3 is 3.07 bits per heavy atom. The molecule has 1 N–H and O–H groups in total. The van der Waals surface area contributed by atoms with Crippen LogP contribution in [0.3, 0.4) is 0 Å². The van der Waals surface area contributed by atoms with Crippen LogP contribution in [-0.4, -0.2) is 49.7 Å². The van der Waals surface area contributed by atoms with Gasteiger partial charge in [-0.3, -0.25) is 4.79 Å². The first kappa shape index (κ1) is 12.0. The van der Waals surface area contributed by atoms with Gasteiger partial charge < -0.3 is 15.0 Å². The quantitative estimate of drug-likeness (QED) is 0.656. The standard InChI is InChI=1S/C11H18N2O2/c1-3-6-13(4-2)11(14)8-10-9-12-5-7-15-10/h1,10,12H,4-9H2,2H3. The van der Waals surface area contributed by atoms with Crippen LogP contribution < -0.4 is 5.32 Å². The van der Waals surface area contributed by atoms with Crippen molar-refractivity contribution in [2.24, 2.45) is 0 Å². The Morgan fingerprint density at radius 2 is 2.53 bits per heavy atom. The van der Waals surface area contributed by atoms with Crippen LogP contribution in [0.5, 0.6) is 0 Å². The summed E-state index contributed by atoms with van der Waals surface area (Å²) in [6.07, 6.45) is 5.61. The molecule has 0 saturated carbocycles. The number of nitrogens with zero attached hydrogens (tertiary/aromatic N) is 1. The van der Waals surface area contributed by atoms with Crippen LogP contribution in [0.1, 0.15) is 13.3 Å². The molecule has 1 unspecified atom stereocenters. The molecule has 84 valence electrons. The van der Waals surface area contributed by atoms with Gasteiger partial charge in [0.1, 0.15) is 0 Å². The molecule has 1 fully saturated rings. The number of nitrogens with one attached hydrogen (secondary N) is 1. The number of hydrogen-bond acceptors (Lipinski definition) is 3. The lowest BCUT2D eigenvalue weighted by atomic mass is 10.2. The first-order chi connectivity index (χ1) is 7.27. The number of ether oxygens (including phenoxy) is 1. The molecule has 0 spiro atoms. The van der Waals surface area contributed by atoms with Crippen LogP contribution >= 0.6 is 0 Å². The number of terminal acetylenes is 1. The predicted molar refractivity (Wildman–Crippen MR) is 58.3 cm³/mol. The highest BCUT2D eigenvalue weighted by atomic mass is 16.5. The lowest BCUT2D eigenvalue weighted by Gasteiger charge is -2.25. The Hall–Kier alpha value is -1.05. The van der Waals surface area contributed by atoms with Gasteiger partial charge in [0.15, 0.2) is 0 Å². The Labute approximate surface area is 91.0 Å². The third-order valence-corrected chi connectivity index (χ3v) is 2.42. The Kier molecular flexibility index (Phi) is 5.16. The average molecular weight is 210 g/mol. The third-order valence-electron chi connectivity index (χ3n) is 2.42. The van der Waals surface area contributed by atoms with E-state index in [4.69, 9.17) is 11.2 Å². The molecule has 15 heavy (non-hydrogen) atoms. The molecule has 0 radical (unpaired) electrons. The third kappa shape index (κ3) is 3.90. The fourth-order valence-corrected chi connectivity index (χ4v) is 1.56. The van der Waals surface area contributed by atoms with E-state index in [0.29, 0.717) is 26.1 Å². The zero-order valence-electron chi connectivity index (χ0n) is 9.16. The van der Waals surface area contributed by atoms with Gasteiger partial charge in [0.2, 0.25) is 5.91 Å². The van der Waals surface area contributed by atoms with Crippen molar-refractivity contribution in [1.82, 2.24) is 10.2 Å². The molecule has 1 rings (SSSR count). The molecule has 1 atom stereocenters. The molecule has 0 bridgehead atoms. The van der Waals surface area contributed by atoms with Gasteiger partial charge in [0.25, 0.3) is 0 Å². The summed E-state index contributed by atoms with van der Waals surface area (Å²) in [7, 11) is 0. The van der Waals surface area contributed by atoms with Gasteiger partial charge >= 0.3 is 0 Å². The van der Waals surface area contributed by atoms with Crippen molar-refractivity contribution >= 4 is 5.91 Å². The molecular weight excluding hydrogens is 192 g/mol. The summed E-state index contributed by atoms with van der Waals surface area (Å²) < 4.78 is 5.46. The van der Waals surface area contributed by atoms with Crippen molar-refractivity contribution in [2.75, 3.05) is 32.8 Å². The molecule has 1 heterocycles. The summed E-state index contributed by atoms with van der Waals surface area (Å²) in [5.41, 5.74) is 0. The molecule has 1 aliphatic rings. The summed E-state index contributed by atoms with van der Waals surface area (Å²) >= 11 is 0. The fraction of sp³-hybridized carbons (Fsp3) is 0.727. The fourth-order valence-electron chi connectivity index (χ4n) is 1.56. The molecular formula is C11H18N2O2. The van der Waals surface area contributed by atoms with E-state index in [0.717, 1.165) is 13.1 Å². The molecule has 1 aliphatic heterocycles. The van der Waals surface area contributed by atoms with Crippen molar-refractivity contribution in [3.05, 3.63) is 0 Å². The largest absolute Gasteiger partial charge is 0.375 e. The lowest BCUT2D eigenvalue weighted by Crippen LogP contribution is -2.42. The highest BCUT2D eigenvalue weighted by Crippen LogP contribution is 2.04. The molecule has 4 heteroatoms. The van der Waals surface area contributed by atoms with Crippen LogP contribution in [0.15, 0.2) is 0 Å². The van der Waals surface area contributed by atoms with E-state index in [9.17, 15) is 4.79 Å². The van der Waals surface area contributed by atoms with Crippen molar-refractivity contribution in [1.29, 1.82) is 0 Å². The zero-order valence-corrected chi connectivity index (χ0v) is 9.16. The summed E-state index contributed by atoms with van der Waals surface area (Å²) in [6, 6.07) is 0. The second kappa shape index (κ2) is 6.44. The van der Waals surface area contributed by atoms with E-state index < -0.39 is 0 Å². The number of amides is 1. The van der Waals surface area contributed by atoms with Gasteiger partial charge in [0.05, 0.1) is 25.7 Å². The summed E-state index contributed by atoms with van der Waals surface area (Å²) in [4.78, 5) is 13.4. The van der Waals surface area contributed by atoms with Crippen LogP contribution in [-0.2, 0) is 9.53 Å². The number of carbonyl (C=O) groups is 1. The Bertz CT molecular complexity index is 241. The van der Waals surface area contributed by atoms with Gasteiger partial charge in [-0.05, 0) is 6.92 Å². The van der Waals surface area contributed by atoms with Crippen LogP contribution in [0, 0.1) is 12.3 Å². The van der Waals surface area contributed by atoms with Crippen LogP contribution in [0.4, 0.5) is 0 Å². The highest BCUT2D eigenvalue weighted by Gasteiger charge is 2.20. The maximum absolute atomic E-state index is 11.8. The molecule has 1 saturated heterocycles. The normalized spacial score (nSPS) is 20.7. The maximum Gasteiger partial charge on any atom is 0.226 e. The highest BCUT2D eigenvalue weighted by molar-refractivity contribution is 5.77. The molecule has 4 nitrogen and oxygen atoms in total. The van der Waals surface area contributed by atoms with Gasteiger partial charge in [-0.25, -0.2) is 0 Å². The monoisotopic (exact) mass is 210 g/mol. The molecule has 1 amide bonds. The Balaban J connectivity index is 2.35. The van der Waals surface area contributed by atoms with E-state index in [2.05, 4.69) is 11.2 Å². The van der Waals surface area contributed by atoms with E-state index in [1.165, 1.54) is 0 Å². The maximum atomic E-state index is 11.8. The first-order valence-corrected chi connectivity index (χ1v) is 5.31. The Morgan fingerprint density at radius 1 is 1.73 bits per heavy atom. The van der Waals surface area contributed by atoms with Crippen molar-refractivity contribution in [3.63, 3.8) is 0 Å². The van der Waals surface area contributed by atoms with Crippen molar-refractivity contribution in [2.45, 2.75) is 19.4 Å². The minimum absolute atomic E-state index is 0.00178. The van der Waals surface area contributed by atoms with E-state index >= 15 is 0 Å². The van der Waals surface area contributed by atoms with Crippen LogP contribution in [0.25, 0.3) is 0 Å². The van der Waals surface area contributed by atoms with E-state index in [1.54, 1.807) is 4.90 Å². The molecule has 0 aliphatic carbocycles. The molecule has 0 aromatic heterocycles. The van der Waals surface area contributed by atoms with Gasteiger partial charge in [0, 0.05) is 19.6 Å². The molecule has 0 aromatic rings. The summed E-state index contributed by atoms with van der Waals surface area (Å²) in [5, 5.41) is 3.19. The SMILES string of the molecule is C#CCN(CC)C(=O)CC1CNCCO1. The average Bonchev–Trinajstić information content (AvgIpc) is 2.27. The van der Waals surface area contributed by atoms with Crippen molar-refractivity contribution < 1.29 is 9.53 Å². The molecule has 0 aromatic carbocycles. The predicted octanol–water partition coefficient (Wildman–Crippen LogP) is -0.153. The first-order valence-electron chi connectivity index (χ1n) is 5.31. The van der Waals surface area contributed by atoms with Gasteiger partial charge in [-0.2, -0.15) is 0 Å². The number of morpholine rings is 1. The second-order valence-electron chi connectivity index (χ2n) is 3.51. The van der Waals surface area contributed by atoms with Gasteiger partial charge in [-0.1, -0.05) is 5.92 Å². The number of carbonyl (C=O) groups excluding carboxylic acids is 1.